The molecule has 4 nitrogen and oxygen atoms in total. The van der Waals surface area contributed by atoms with Gasteiger partial charge >= 0.3 is 0 Å². The van der Waals surface area contributed by atoms with E-state index in [1.54, 1.807) is 0 Å². The van der Waals surface area contributed by atoms with E-state index < -0.39 is 0 Å². The number of aromatic nitrogens is 1. The van der Waals surface area contributed by atoms with E-state index in [4.69, 9.17) is 4.74 Å². The summed E-state index contributed by atoms with van der Waals surface area (Å²) in [5, 5.41) is 3.40. The summed E-state index contributed by atoms with van der Waals surface area (Å²) in [6, 6.07) is 4.79. The largest absolute Gasteiger partial charge is 0.375 e. The smallest absolute Gasteiger partial charge is 0.128 e. The minimum absolute atomic E-state index is 0.345. The standard InChI is InChI=1S/C15H25N3O/c1-4-14-11-18(7-8-19-14)15-6-5-13(10-17-15)9-16-12(2)3/h5-6,10,12,14,16H,4,7-9,11H2,1-3H3. The molecule has 106 valence electrons. The number of ether oxygens (including phenoxy) is 1. The van der Waals surface area contributed by atoms with Gasteiger partial charge in [0.2, 0.25) is 0 Å². The Kier molecular flexibility index (Phi) is 5.16. The summed E-state index contributed by atoms with van der Waals surface area (Å²) in [6.45, 7) is 10.0. The van der Waals surface area contributed by atoms with Gasteiger partial charge in [0.1, 0.15) is 5.82 Å². The summed E-state index contributed by atoms with van der Waals surface area (Å²) in [6.07, 6.45) is 3.38. The first-order valence-corrected chi connectivity index (χ1v) is 7.24. The number of anilines is 1. The normalized spacial score (nSPS) is 20.0. The number of rotatable bonds is 5. The highest BCUT2D eigenvalue weighted by Crippen LogP contribution is 2.16. The Morgan fingerprint density at radius 3 is 2.95 bits per heavy atom. The van der Waals surface area contributed by atoms with Crippen molar-refractivity contribution in [2.45, 2.75) is 45.9 Å². The molecular formula is C15H25N3O. The molecule has 19 heavy (non-hydrogen) atoms. The Balaban J connectivity index is 1.93. The maximum atomic E-state index is 5.69. The van der Waals surface area contributed by atoms with Crippen LogP contribution in [0.25, 0.3) is 0 Å². The molecule has 1 saturated heterocycles. The van der Waals surface area contributed by atoms with Crippen LogP contribution in [-0.4, -0.2) is 36.8 Å². The van der Waals surface area contributed by atoms with Crippen LogP contribution in [0.3, 0.4) is 0 Å². The molecule has 1 aromatic heterocycles. The highest BCUT2D eigenvalue weighted by molar-refractivity contribution is 5.39. The lowest BCUT2D eigenvalue weighted by molar-refractivity contribution is 0.0381. The Labute approximate surface area is 116 Å². The predicted molar refractivity (Wildman–Crippen MR) is 78.5 cm³/mol. The zero-order valence-corrected chi connectivity index (χ0v) is 12.2. The summed E-state index contributed by atoms with van der Waals surface area (Å²) in [7, 11) is 0. The van der Waals surface area contributed by atoms with E-state index in [9.17, 15) is 0 Å². The Morgan fingerprint density at radius 1 is 1.47 bits per heavy atom. The minimum atomic E-state index is 0.345. The van der Waals surface area contributed by atoms with Gasteiger partial charge in [0, 0.05) is 31.9 Å². The van der Waals surface area contributed by atoms with Crippen LogP contribution in [0.4, 0.5) is 5.82 Å². The van der Waals surface area contributed by atoms with Crippen LogP contribution in [0, 0.1) is 0 Å². The summed E-state index contributed by atoms with van der Waals surface area (Å²) in [5.41, 5.74) is 1.23. The molecule has 0 aliphatic carbocycles. The maximum Gasteiger partial charge on any atom is 0.128 e. The fourth-order valence-corrected chi connectivity index (χ4v) is 2.20. The molecule has 1 N–H and O–H groups in total. The quantitative estimate of drug-likeness (QED) is 0.883. The second-order valence-corrected chi connectivity index (χ2v) is 5.41. The van der Waals surface area contributed by atoms with Crippen molar-refractivity contribution in [2.75, 3.05) is 24.6 Å². The minimum Gasteiger partial charge on any atom is -0.375 e. The van der Waals surface area contributed by atoms with E-state index in [1.807, 2.05) is 6.20 Å². The first-order valence-electron chi connectivity index (χ1n) is 7.24. The third kappa shape index (κ3) is 4.18. The number of hydrogen-bond acceptors (Lipinski definition) is 4. The number of pyridine rings is 1. The van der Waals surface area contributed by atoms with E-state index in [2.05, 4.69) is 48.1 Å². The lowest BCUT2D eigenvalue weighted by atomic mass is 10.2. The molecule has 1 aromatic rings. The van der Waals surface area contributed by atoms with Gasteiger partial charge < -0.3 is 15.0 Å². The van der Waals surface area contributed by atoms with Crippen LogP contribution in [0.1, 0.15) is 32.8 Å². The molecule has 1 aliphatic rings. The fraction of sp³-hybridized carbons (Fsp3) is 0.667. The average molecular weight is 263 g/mol. The lowest BCUT2D eigenvalue weighted by Gasteiger charge is -2.33. The third-order valence-corrected chi connectivity index (χ3v) is 3.44. The topological polar surface area (TPSA) is 37.4 Å². The van der Waals surface area contributed by atoms with Gasteiger partial charge in [-0.05, 0) is 18.1 Å². The average Bonchev–Trinajstić information content (AvgIpc) is 2.45. The van der Waals surface area contributed by atoms with Crippen LogP contribution >= 0.6 is 0 Å². The summed E-state index contributed by atoms with van der Waals surface area (Å²) < 4.78 is 5.69. The molecule has 0 radical (unpaired) electrons. The van der Waals surface area contributed by atoms with Gasteiger partial charge in [-0.15, -0.1) is 0 Å². The Morgan fingerprint density at radius 2 is 2.32 bits per heavy atom. The van der Waals surface area contributed by atoms with Crippen molar-refractivity contribution in [1.82, 2.24) is 10.3 Å². The van der Waals surface area contributed by atoms with Gasteiger partial charge in [-0.25, -0.2) is 4.98 Å². The van der Waals surface area contributed by atoms with Crippen LogP contribution < -0.4 is 10.2 Å². The van der Waals surface area contributed by atoms with Crippen molar-refractivity contribution in [3.63, 3.8) is 0 Å². The van der Waals surface area contributed by atoms with E-state index in [0.717, 1.165) is 38.5 Å². The molecule has 0 aromatic carbocycles. The zero-order valence-electron chi connectivity index (χ0n) is 12.2. The highest BCUT2D eigenvalue weighted by Gasteiger charge is 2.19. The molecule has 0 bridgehead atoms. The van der Waals surface area contributed by atoms with Crippen molar-refractivity contribution in [3.05, 3.63) is 23.9 Å². The molecule has 0 spiro atoms. The zero-order chi connectivity index (χ0) is 13.7. The molecule has 1 aliphatic heterocycles. The van der Waals surface area contributed by atoms with Crippen molar-refractivity contribution < 1.29 is 4.74 Å². The van der Waals surface area contributed by atoms with Crippen molar-refractivity contribution in [1.29, 1.82) is 0 Å². The van der Waals surface area contributed by atoms with Crippen LogP contribution in [-0.2, 0) is 11.3 Å². The first kappa shape index (κ1) is 14.3. The molecule has 2 heterocycles. The molecule has 1 unspecified atom stereocenters. The molecule has 2 rings (SSSR count). The molecule has 1 fully saturated rings. The highest BCUT2D eigenvalue weighted by atomic mass is 16.5. The second kappa shape index (κ2) is 6.87. The van der Waals surface area contributed by atoms with Crippen molar-refractivity contribution in [2.24, 2.45) is 0 Å². The SMILES string of the molecule is CCC1CN(c2ccc(CNC(C)C)cn2)CCO1. The predicted octanol–water partition coefficient (Wildman–Crippen LogP) is 2.19. The number of nitrogens with one attached hydrogen (secondary N) is 1. The van der Waals surface area contributed by atoms with Crippen LogP contribution in [0.5, 0.6) is 0 Å². The van der Waals surface area contributed by atoms with Crippen molar-refractivity contribution in [3.8, 4) is 0 Å². The van der Waals surface area contributed by atoms with E-state index in [-0.39, 0.29) is 0 Å². The monoisotopic (exact) mass is 263 g/mol. The number of morpholine rings is 1. The Bertz CT molecular complexity index is 377. The molecule has 0 saturated carbocycles. The molecular weight excluding hydrogens is 238 g/mol. The summed E-state index contributed by atoms with van der Waals surface area (Å²) in [5.74, 6) is 1.06. The van der Waals surface area contributed by atoms with Gasteiger partial charge in [-0.2, -0.15) is 0 Å². The lowest BCUT2D eigenvalue weighted by Crippen LogP contribution is -2.42. The van der Waals surface area contributed by atoms with E-state index in [0.29, 0.717) is 12.1 Å². The summed E-state index contributed by atoms with van der Waals surface area (Å²) in [4.78, 5) is 6.90. The molecule has 1 atom stereocenters. The second-order valence-electron chi connectivity index (χ2n) is 5.41. The van der Waals surface area contributed by atoms with Gasteiger partial charge in [0.25, 0.3) is 0 Å². The maximum absolute atomic E-state index is 5.69. The van der Waals surface area contributed by atoms with Gasteiger partial charge in [0.05, 0.1) is 12.7 Å². The fourth-order valence-electron chi connectivity index (χ4n) is 2.20. The molecule has 0 amide bonds. The summed E-state index contributed by atoms with van der Waals surface area (Å²) >= 11 is 0. The van der Waals surface area contributed by atoms with E-state index >= 15 is 0 Å². The van der Waals surface area contributed by atoms with E-state index in [1.165, 1.54) is 5.56 Å². The van der Waals surface area contributed by atoms with Crippen LogP contribution in [0.15, 0.2) is 18.3 Å². The third-order valence-electron chi connectivity index (χ3n) is 3.44. The van der Waals surface area contributed by atoms with Gasteiger partial charge in [0.15, 0.2) is 0 Å². The van der Waals surface area contributed by atoms with Crippen LogP contribution in [0.2, 0.25) is 0 Å². The number of hydrogen-bond donors (Lipinski definition) is 1. The van der Waals surface area contributed by atoms with Gasteiger partial charge in [-0.1, -0.05) is 26.8 Å². The molecule has 4 heteroatoms. The number of nitrogens with zero attached hydrogens (tertiary/aromatic N) is 2. The van der Waals surface area contributed by atoms with Gasteiger partial charge in [-0.3, -0.25) is 0 Å². The van der Waals surface area contributed by atoms with Crippen molar-refractivity contribution >= 4 is 5.82 Å². The first-order chi connectivity index (χ1) is 9.19. The Hall–Kier alpha value is -1.13.